The van der Waals surface area contributed by atoms with E-state index in [1.807, 2.05) is 0 Å². The van der Waals surface area contributed by atoms with E-state index in [1.165, 1.54) is 62.3 Å². The van der Waals surface area contributed by atoms with Crippen LogP contribution in [0.1, 0.15) is 76.8 Å². The second-order valence-electron chi connectivity index (χ2n) is 6.38. The number of aryl methyl sites for hydroxylation is 1. The fraction of sp³-hybridized carbons (Fsp3) is 0.600. The molecule has 1 atom stereocenters. The lowest BCUT2D eigenvalue weighted by atomic mass is 9.92. The fourth-order valence-corrected chi connectivity index (χ4v) is 3.41. The first-order valence-electron chi connectivity index (χ1n) is 8.82. The van der Waals surface area contributed by atoms with E-state index in [4.69, 9.17) is 0 Å². The standard InChI is InChI=1S/C20H31N/c1-4-6-8-9-13-17(12-7-5-2)20-16-18-14-10-11-15-19(18)21(20)3/h10-11,14-17H,4-9,12-13H2,1-3H3. The Bertz CT molecular complexity index is 538. The van der Waals surface area contributed by atoms with Crippen molar-refractivity contribution in [3.05, 3.63) is 36.0 Å². The lowest BCUT2D eigenvalue weighted by molar-refractivity contribution is 0.491. The van der Waals surface area contributed by atoms with Crippen molar-refractivity contribution in [3.8, 4) is 0 Å². The molecule has 0 N–H and O–H groups in total. The Balaban J connectivity index is 2.14. The second kappa shape index (κ2) is 8.26. The van der Waals surface area contributed by atoms with E-state index in [1.54, 1.807) is 5.69 Å². The molecule has 0 amide bonds. The van der Waals surface area contributed by atoms with Gasteiger partial charge in [0.2, 0.25) is 0 Å². The summed E-state index contributed by atoms with van der Waals surface area (Å²) in [6, 6.07) is 11.2. The zero-order chi connectivity index (χ0) is 15.1. The van der Waals surface area contributed by atoms with Crippen LogP contribution in [-0.2, 0) is 7.05 Å². The van der Waals surface area contributed by atoms with E-state index in [0.717, 1.165) is 5.92 Å². The summed E-state index contributed by atoms with van der Waals surface area (Å²) in [5, 5.41) is 1.39. The number of rotatable bonds is 9. The normalized spacial score (nSPS) is 12.9. The highest BCUT2D eigenvalue weighted by molar-refractivity contribution is 5.81. The van der Waals surface area contributed by atoms with Crippen LogP contribution in [0.5, 0.6) is 0 Å². The average Bonchev–Trinajstić information content (AvgIpc) is 2.84. The van der Waals surface area contributed by atoms with Crippen molar-refractivity contribution in [1.82, 2.24) is 4.57 Å². The predicted molar refractivity (Wildman–Crippen MR) is 93.9 cm³/mol. The molecule has 2 aromatic rings. The van der Waals surface area contributed by atoms with Crippen molar-refractivity contribution >= 4 is 10.9 Å². The van der Waals surface area contributed by atoms with Gasteiger partial charge < -0.3 is 4.57 Å². The molecule has 1 aromatic carbocycles. The van der Waals surface area contributed by atoms with E-state index in [0.29, 0.717) is 0 Å². The molecule has 0 aliphatic heterocycles. The Hall–Kier alpha value is -1.24. The summed E-state index contributed by atoms with van der Waals surface area (Å²) in [6.45, 7) is 4.59. The largest absolute Gasteiger partial charge is 0.347 e. The molecule has 1 heteroatoms. The van der Waals surface area contributed by atoms with Gasteiger partial charge in [-0.2, -0.15) is 0 Å². The number of unbranched alkanes of at least 4 members (excludes halogenated alkanes) is 4. The fourth-order valence-electron chi connectivity index (χ4n) is 3.41. The van der Waals surface area contributed by atoms with E-state index >= 15 is 0 Å². The van der Waals surface area contributed by atoms with Gasteiger partial charge in [0.05, 0.1) is 0 Å². The van der Waals surface area contributed by atoms with Crippen molar-refractivity contribution < 1.29 is 0 Å². The molecule has 0 bridgehead atoms. The topological polar surface area (TPSA) is 4.93 Å². The lowest BCUT2D eigenvalue weighted by Crippen LogP contribution is -2.05. The Labute approximate surface area is 130 Å². The number of hydrogen-bond acceptors (Lipinski definition) is 0. The van der Waals surface area contributed by atoms with E-state index in [2.05, 4.69) is 55.8 Å². The van der Waals surface area contributed by atoms with Crippen LogP contribution in [0.4, 0.5) is 0 Å². The number of aromatic nitrogens is 1. The monoisotopic (exact) mass is 285 g/mol. The molecule has 1 unspecified atom stereocenters. The van der Waals surface area contributed by atoms with Crippen molar-refractivity contribution in [2.45, 2.75) is 71.1 Å². The molecule has 1 heterocycles. The van der Waals surface area contributed by atoms with Gasteiger partial charge in [0.15, 0.2) is 0 Å². The summed E-state index contributed by atoms with van der Waals surface area (Å²) in [5.41, 5.74) is 2.92. The molecule has 116 valence electrons. The highest BCUT2D eigenvalue weighted by Gasteiger charge is 2.16. The molecule has 0 fully saturated rings. The smallest absolute Gasteiger partial charge is 0.0479 e. The van der Waals surface area contributed by atoms with Crippen LogP contribution in [0, 0.1) is 0 Å². The van der Waals surface area contributed by atoms with Crippen LogP contribution in [0.15, 0.2) is 30.3 Å². The van der Waals surface area contributed by atoms with E-state index in [-0.39, 0.29) is 0 Å². The second-order valence-corrected chi connectivity index (χ2v) is 6.38. The van der Waals surface area contributed by atoms with Gasteiger partial charge in [-0.1, -0.05) is 70.6 Å². The number of benzene rings is 1. The van der Waals surface area contributed by atoms with Crippen LogP contribution in [-0.4, -0.2) is 4.57 Å². The number of hydrogen-bond donors (Lipinski definition) is 0. The molecule has 2 rings (SSSR count). The molecule has 0 spiro atoms. The number of para-hydroxylation sites is 1. The van der Waals surface area contributed by atoms with Gasteiger partial charge in [-0.3, -0.25) is 0 Å². The summed E-state index contributed by atoms with van der Waals surface area (Å²) >= 11 is 0. The highest BCUT2D eigenvalue weighted by Crippen LogP contribution is 2.31. The molecule has 0 saturated heterocycles. The predicted octanol–water partition coefficient (Wildman–Crippen LogP) is 6.42. The summed E-state index contributed by atoms with van der Waals surface area (Å²) in [6.07, 6.45) is 10.8. The van der Waals surface area contributed by atoms with Crippen molar-refractivity contribution in [3.63, 3.8) is 0 Å². The summed E-state index contributed by atoms with van der Waals surface area (Å²) < 4.78 is 2.43. The van der Waals surface area contributed by atoms with E-state index in [9.17, 15) is 0 Å². The Morgan fingerprint density at radius 1 is 0.905 bits per heavy atom. The van der Waals surface area contributed by atoms with Crippen LogP contribution in [0.25, 0.3) is 10.9 Å². The Morgan fingerprint density at radius 3 is 2.33 bits per heavy atom. The molecule has 0 radical (unpaired) electrons. The van der Waals surface area contributed by atoms with Gasteiger partial charge in [-0.25, -0.2) is 0 Å². The number of nitrogens with zero attached hydrogens (tertiary/aromatic N) is 1. The van der Waals surface area contributed by atoms with Crippen LogP contribution < -0.4 is 0 Å². The SMILES string of the molecule is CCCCCCC(CCCC)c1cc2ccccc2n1C. The highest BCUT2D eigenvalue weighted by atomic mass is 14.9. The van der Waals surface area contributed by atoms with Gasteiger partial charge in [-0.05, 0) is 36.3 Å². The zero-order valence-electron chi connectivity index (χ0n) is 14.1. The Morgan fingerprint density at radius 2 is 1.62 bits per heavy atom. The quantitative estimate of drug-likeness (QED) is 0.468. The number of fused-ring (bicyclic) bond motifs is 1. The maximum atomic E-state index is 2.43. The molecular formula is C20H31N. The van der Waals surface area contributed by atoms with Crippen LogP contribution in [0.3, 0.4) is 0 Å². The summed E-state index contributed by atoms with van der Waals surface area (Å²) in [7, 11) is 2.24. The minimum Gasteiger partial charge on any atom is -0.347 e. The molecule has 0 aliphatic carbocycles. The van der Waals surface area contributed by atoms with Gasteiger partial charge in [0, 0.05) is 18.3 Å². The molecule has 0 saturated carbocycles. The molecule has 1 aromatic heterocycles. The van der Waals surface area contributed by atoms with Crippen molar-refractivity contribution in [2.75, 3.05) is 0 Å². The third kappa shape index (κ3) is 4.12. The first kappa shape index (κ1) is 16.1. The minimum atomic E-state index is 0.735. The van der Waals surface area contributed by atoms with E-state index < -0.39 is 0 Å². The summed E-state index contributed by atoms with van der Waals surface area (Å²) in [4.78, 5) is 0. The molecular weight excluding hydrogens is 254 g/mol. The molecule has 1 nitrogen and oxygen atoms in total. The Kier molecular flexibility index (Phi) is 6.35. The first-order chi connectivity index (χ1) is 10.3. The van der Waals surface area contributed by atoms with Gasteiger partial charge in [-0.15, -0.1) is 0 Å². The van der Waals surface area contributed by atoms with Gasteiger partial charge in [0.1, 0.15) is 0 Å². The van der Waals surface area contributed by atoms with Crippen molar-refractivity contribution in [2.24, 2.45) is 7.05 Å². The average molecular weight is 285 g/mol. The third-order valence-corrected chi connectivity index (χ3v) is 4.72. The molecule has 21 heavy (non-hydrogen) atoms. The zero-order valence-corrected chi connectivity index (χ0v) is 14.1. The van der Waals surface area contributed by atoms with Gasteiger partial charge in [0.25, 0.3) is 0 Å². The third-order valence-electron chi connectivity index (χ3n) is 4.72. The van der Waals surface area contributed by atoms with Crippen LogP contribution in [0.2, 0.25) is 0 Å². The van der Waals surface area contributed by atoms with Crippen molar-refractivity contribution in [1.29, 1.82) is 0 Å². The van der Waals surface area contributed by atoms with Gasteiger partial charge >= 0.3 is 0 Å². The first-order valence-corrected chi connectivity index (χ1v) is 8.82. The maximum Gasteiger partial charge on any atom is 0.0479 e. The maximum absolute atomic E-state index is 2.43. The van der Waals surface area contributed by atoms with Crippen LogP contribution >= 0.6 is 0 Å². The molecule has 0 aliphatic rings. The lowest BCUT2D eigenvalue weighted by Gasteiger charge is -2.18. The summed E-state index contributed by atoms with van der Waals surface area (Å²) in [5.74, 6) is 0.735. The minimum absolute atomic E-state index is 0.735.